The molecule has 0 spiro atoms. The Hall–Kier alpha value is -1.34. The van der Waals surface area contributed by atoms with E-state index in [1.54, 1.807) is 4.90 Å². The van der Waals surface area contributed by atoms with E-state index in [1.165, 1.54) is 7.11 Å². The van der Waals surface area contributed by atoms with E-state index in [1.807, 2.05) is 0 Å². The highest BCUT2D eigenvalue weighted by molar-refractivity contribution is 5.75. The molecule has 0 aromatic carbocycles. The summed E-state index contributed by atoms with van der Waals surface area (Å²) in [5, 5.41) is 21.2. The molecule has 7 heteroatoms. The zero-order valence-corrected chi connectivity index (χ0v) is 11.6. The quantitative estimate of drug-likeness (QED) is 0.669. The zero-order chi connectivity index (χ0) is 14.7. The monoisotopic (exact) mass is 286 g/mol. The maximum atomic E-state index is 12.2. The Bertz CT molecular complexity index is 362. The van der Waals surface area contributed by atoms with Crippen LogP contribution in [0.3, 0.4) is 0 Å². The lowest BCUT2D eigenvalue weighted by atomic mass is 10.0. The Morgan fingerprint density at radius 3 is 2.45 bits per heavy atom. The number of carbonyl (C=O) groups is 2. The smallest absolute Gasteiger partial charge is 0.317 e. The third-order valence-electron chi connectivity index (χ3n) is 4.16. The third-order valence-corrected chi connectivity index (χ3v) is 4.16. The fourth-order valence-corrected chi connectivity index (χ4v) is 3.21. The lowest BCUT2D eigenvalue weighted by Crippen LogP contribution is -2.53. The van der Waals surface area contributed by atoms with Crippen LogP contribution in [0.15, 0.2) is 0 Å². The van der Waals surface area contributed by atoms with Crippen molar-refractivity contribution in [3.8, 4) is 0 Å². The van der Waals surface area contributed by atoms with E-state index < -0.39 is 12.1 Å². The molecule has 2 aliphatic heterocycles. The minimum Gasteiger partial charge on any atom is -0.481 e. The molecule has 0 aliphatic carbocycles. The van der Waals surface area contributed by atoms with Crippen LogP contribution in [0, 0.1) is 0 Å². The minimum absolute atomic E-state index is 0.101. The van der Waals surface area contributed by atoms with Crippen LogP contribution in [0.4, 0.5) is 4.79 Å². The topological polar surface area (TPSA) is 99.1 Å². The number of ether oxygens (including phenoxy) is 1. The first kappa shape index (κ1) is 15.1. The van der Waals surface area contributed by atoms with Gasteiger partial charge in [0.2, 0.25) is 0 Å². The summed E-state index contributed by atoms with van der Waals surface area (Å²) in [5.41, 5.74) is 0. The van der Waals surface area contributed by atoms with E-state index in [0.29, 0.717) is 12.8 Å². The van der Waals surface area contributed by atoms with Gasteiger partial charge < -0.3 is 25.2 Å². The standard InChI is InChI=1S/C13H22N2O5/c1-20-11(6-12(17)18)7-14-13(19)15-8-2-3-9(15)5-10(16)4-8/h8-11,16H,2-7H2,1H3,(H,14,19)(H,17,18). The van der Waals surface area contributed by atoms with E-state index in [9.17, 15) is 14.7 Å². The van der Waals surface area contributed by atoms with Gasteiger partial charge in [-0.05, 0) is 25.7 Å². The summed E-state index contributed by atoms with van der Waals surface area (Å²) in [5.74, 6) is -0.952. The molecule has 2 rings (SSSR count). The molecular formula is C13H22N2O5. The number of fused-ring (bicyclic) bond motifs is 2. The van der Waals surface area contributed by atoms with Gasteiger partial charge in [0, 0.05) is 25.7 Å². The number of nitrogens with zero attached hydrogens (tertiary/aromatic N) is 1. The molecule has 2 heterocycles. The molecule has 0 aromatic rings. The summed E-state index contributed by atoms with van der Waals surface area (Å²) in [7, 11) is 1.43. The van der Waals surface area contributed by atoms with Gasteiger partial charge in [-0.3, -0.25) is 4.79 Å². The van der Waals surface area contributed by atoms with Gasteiger partial charge >= 0.3 is 12.0 Å². The van der Waals surface area contributed by atoms with Gasteiger partial charge in [0.15, 0.2) is 0 Å². The molecule has 0 aromatic heterocycles. The Kier molecular flexibility index (Phi) is 4.82. The van der Waals surface area contributed by atoms with Crippen LogP contribution in [0.1, 0.15) is 32.1 Å². The van der Waals surface area contributed by atoms with Crippen LogP contribution >= 0.6 is 0 Å². The summed E-state index contributed by atoms with van der Waals surface area (Å²) >= 11 is 0. The van der Waals surface area contributed by atoms with Crippen molar-refractivity contribution in [1.29, 1.82) is 0 Å². The molecule has 2 fully saturated rings. The highest BCUT2D eigenvalue weighted by Gasteiger charge is 2.42. The SMILES string of the molecule is COC(CNC(=O)N1C2CCC1CC(O)C2)CC(=O)O. The zero-order valence-electron chi connectivity index (χ0n) is 11.6. The Morgan fingerprint density at radius 1 is 1.35 bits per heavy atom. The second kappa shape index (κ2) is 6.41. The molecule has 3 atom stereocenters. The molecule has 114 valence electrons. The third kappa shape index (κ3) is 3.40. The van der Waals surface area contributed by atoms with E-state index in [0.717, 1.165) is 12.8 Å². The molecule has 2 amide bonds. The highest BCUT2D eigenvalue weighted by Crippen LogP contribution is 2.35. The average molecular weight is 286 g/mol. The van der Waals surface area contributed by atoms with Crippen molar-refractivity contribution in [2.24, 2.45) is 0 Å². The van der Waals surface area contributed by atoms with Gasteiger partial charge in [0.05, 0.1) is 18.6 Å². The van der Waals surface area contributed by atoms with Gasteiger partial charge in [-0.2, -0.15) is 0 Å². The number of rotatable bonds is 5. The highest BCUT2D eigenvalue weighted by atomic mass is 16.5. The first-order chi connectivity index (χ1) is 9.51. The summed E-state index contributed by atoms with van der Waals surface area (Å²) in [6.45, 7) is 0.181. The Balaban J connectivity index is 1.84. The molecule has 3 N–H and O–H groups in total. The Morgan fingerprint density at radius 2 is 1.95 bits per heavy atom. The van der Waals surface area contributed by atoms with E-state index in [4.69, 9.17) is 9.84 Å². The van der Waals surface area contributed by atoms with Gasteiger partial charge in [-0.15, -0.1) is 0 Å². The molecule has 2 saturated heterocycles. The number of aliphatic hydroxyl groups is 1. The number of urea groups is 1. The van der Waals surface area contributed by atoms with Gasteiger partial charge in [0.25, 0.3) is 0 Å². The summed E-state index contributed by atoms with van der Waals surface area (Å²) in [4.78, 5) is 24.6. The maximum absolute atomic E-state index is 12.2. The van der Waals surface area contributed by atoms with Crippen LogP contribution in [0.5, 0.6) is 0 Å². The molecular weight excluding hydrogens is 264 g/mol. The van der Waals surface area contributed by atoms with Gasteiger partial charge in [-0.25, -0.2) is 4.79 Å². The number of piperidine rings is 1. The van der Waals surface area contributed by atoms with Crippen LogP contribution in [0.2, 0.25) is 0 Å². The molecule has 0 radical (unpaired) electrons. The van der Waals surface area contributed by atoms with Crippen molar-refractivity contribution in [2.45, 2.75) is 56.4 Å². The summed E-state index contributed by atoms with van der Waals surface area (Å²) < 4.78 is 5.03. The lowest BCUT2D eigenvalue weighted by Gasteiger charge is -2.37. The van der Waals surface area contributed by atoms with Crippen LogP contribution in [0.25, 0.3) is 0 Å². The average Bonchev–Trinajstić information content (AvgIpc) is 2.66. The first-order valence-corrected chi connectivity index (χ1v) is 7.00. The van der Waals surface area contributed by atoms with E-state index in [2.05, 4.69) is 5.32 Å². The van der Waals surface area contributed by atoms with Gasteiger partial charge in [0.1, 0.15) is 0 Å². The molecule has 2 bridgehead atoms. The van der Waals surface area contributed by atoms with Crippen molar-refractivity contribution in [3.63, 3.8) is 0 Å². The number of aliphatic carboxylic acids is 1. The molecule has 2 aliphatic rings. The van der Waals surface area contributed by atoms with E-state index in [-0.39, 0.29) is 37.2 Å². The summed E-state index contributed by atoms with van der Waals surface area (Å²) in [6.07, 6.45) is 2.15. The molecule has 20 heavy (non-hydrogen) atoms. The van der Waals surface area contributed by atoms with Crippen molar-refractivity contribution < 1.29 is 24.5 Å². The number of methoxy groups -OCH3 is 1. The normalized spacial score (nSPS) is 30.1. The fraction of sp³-hybridized carbons (Fsp3) is 0.846. The Labute approximate surface area is 117 Å². The second-order valence-electron chi connectivity index (χ2n) is 5.56. The minimum atomic E-state index is -0.952. The fourth-order valence-electron chi connectivity index (χ4n) is 3.21. The molecule has 7 nitrogen and oxygen atoms in total. The van der Waals surface area contributed by atoms with E-state index >= 15 is 0 Å². The lowest BCUT2D eigenvalue weighted by molar-refractivity contribution is -0.139. The number of carbonyl (C=O) groups excluding carboxylic acids is 1. The number of hydrogen-bond donors (Lipinski definition) is 3. The number of aliphatic hydroxyl groups excluding tert-OH is 1. The van der Waals surface area contributed by atoms with Crippen molar-refractivity contribution in [1.82, 2.24) is 10.2 Å². The van der Waals surface area contributed by atoms with Crippen LogP contribution < -0.4 is 5.32 Å². The second-order valence-corrected chi connectivity index (χ2v) is 5.56. The van der Waals surface area contributed by atoms with Gasteiger partial charge in [-0.1, -0.05) is 0 Å². The van der Waals surface area contributed by atoms with Crippen molar-refractivity contribution in [2.75, 3.05) is 13.7 Å². The van der Waals surface area contributed by atoms with Crippen molar-refractivity contribution >= 4 is 12.0 Å². The number of carboxylic acid groups (broad SMARTS) is 1. The number of nitrogens with one attached hydrogen (secondary N) is 1. The number of amides is 2. The van der Waals surface area contributed by atoms with Crippen LogP contribution in [-0.2, 0) is 9.53 Å². The maximum Gasteiger partial charge on any atom is 0.317 e. The predicted molar refractivity (Wildman–Crippen MR) is 70.3 cm³/mol. The summed E-state index contributed by atoms with van der Waals surface area (Å²) in [6, 6.07) is 0.0188. The molecule has 0 saturated carbocycles. The predicted octanol–water partition coefficient (Wildman–Crippen LogP) is 0.173. The van der Waals surface area contributed by atoms with Crippen LogP contribution in [-0.4, -0.2) is 65.1 Å². The van der Waals surface area contributed by atoms with Crippen molar-refractivity contribution in [3.05, 3.63) is 0 Å². The first-order valence-electron chi connectivity index (χ1n) is 7.00. The number of carboxylic acids is 1. The number of hydrogen-bond acceptors (Lipinski definition) is 4. The largest absolute Gasteiger partial charge is 0.481 e. The molecule has 3 unspecified atom stereocenters.